The Kier molecular flexibility index (Phi) is 8.33. The van der Waals surface area contributed by atoms with E-state index < -0.39 is 0 Å². The van der Waals surface area contributed by atoms with Crippen LogP contribution in [0, 0.1) is 0 Å². The average molecular weight is 190 g/mol. The minimum atomic E-state index is 0.185. The fourth-order valence-electron chi connectivity index (χ4n) is 0.880. The largest absolute Gasteiger partial charge is 0.395 e. The van der Waals surface area contributed by atoms with Crippen molar-refractivity contribution >= 4 is 0 Å². The van der Waals surface area contributed by atoms with Crippen LogP contribution in [0.5, 0.6) is 0 Å². The van der Waals surface area contributed by atoms with Crippen LogP contribution >= 0.6 is 0 Å². The molecule has 0 heterocycles. The molecule has 0 amide bonds. The molecule has 0 aromatic rings. The summed E-state index contributed by atoms with van der Waals surface area (Å²) >= 11 is 0. The predicted molar refractivity (Wildman–Crippen MR) is 53.9 cm³/mol. The molecule has 4 heteroatoms. The normalized spacial score (nSPS) is 13.6. The highest BCUT2D eigenvalue weighted by atomic mass is 16.5. The van der Waals surface area contributed by atoms with Crippen LogP contribution in [-0.2, 0) is 4.74 Å². The number of likely N-dealkylation sites (N-methyl/N-ethyl adjacent to an activating group) is 1. The standard InChI is InChI=1S/C9H22N2O2/c1-9(8-10-4-6-12)13-7-5-11(2)3/h9-10,12H,4-8H2,1-3H3. The Hall–Kier alpha value is -0.160. The highest BCUT2D eigenvalue weighted by Crippen LogP contribution is 1.88. The highest BCUT2D eigenvalue weighted by molar-refractivity contribution is 4.55. The van der Waals surface area contributed by atoms with Crippen LogP contribution in [0.1, 0.15) is 6.92 Å². The molecule has 4 nitrogen and oxygen atoms in total. The van der Waals surface area contributed by atoms with E-state index in [0.717, 1.165) is 19.7 Å². The van der Waals surface area contributed by atoms with Gasteiger partial charge in [-0.3, -0.25) is 0 Å². The molecule has 0 aliphatic rings. The van der Waals surface area contributed by atoms with Crippen LogP contribution in [0.15, 0.2) is 0 Å². The van der Waals surface area contributed by atoms with Gasteiger partial charge < -0.3 is 20.1 Å². The summed E-state index contributed by atoms with van der Waals surface area (Å²) < 4.78 is 5.51. The van der Waals surface area contributed by atoms with Crippen LogP contribution in [0.2, 0.25) is 0 Å². The van der Waals surface area contributed by atoms with Crippen molar-refractivity contribution in [3.05, 3.63) is 0 Å². The topological polar surface area (TPSA) is 44.7 Å². The van der Waals surface area contributed by atoms with Crippen molar-refractivity contribution in [3.63, 3.8) is 0 Å². The predicted octanol–water partition coefficient (Wildman–Crippen LogP) is -0.465. The molecule has 0 spiro atoms. The van der Waals surface area contributed by atoms with Crippen LogP contribution in [0.3, 0.4) is 0 Å². The second-order valence-corrected chi connectivity index (χ2v) is 3.41. The molecule has 1 atom stereocenters. The Balaban J connectivity index is 3.15. The molecule has 0 aromatic heterocycles. The number of hydrogen-bond donors (Lipinski definition) is 2. The molecule has 2 N–H and O–H groups in total. The van der Waals surface area contributed by atoms with E-state index in [1.165, 1.54) is 0 Å². The second kappa shape index (κ2) is 8.44. The fraction of sp³-hybridized carbons (Fsp3) is 1.00. The monoisotopic (exact) mass is 190 g/mol. The third-order valence-corrected chi connectivity index (χ3v) is 1.66. The summed E-state index contributed by atoms with van der Waals surface area (Å²) in [5.41, 5.74) is 0. The third-order valence-electron chi connectivity index (χ3n) is 1.66. The highest BCUT2D eigenvalue weighted by Gasteiger charge is 2.00. The van der Waals surface area contributed by atoms with Gasteiger partial charge in [-0.15, -0.1) is 0 Å². The van der Waals surface area contributed by atoms with Gasteiger partial charge in [0.1, 0.15) is 0 Å². The van der Waals surface area contributed by atoms with Crippen LogP contribution < -0.4 is 5.32 Å². The maximum Gasteiger partial charge on any atom is 0.0672 e. The molecule has 0 aromatic carbocycles. The van der Waals surface area contributed by atoms with Crippen molar-refractivity contribution in [2.24, 2.45) is 0 Å². The molecule has 1 unspecified atom stereocenters. The van der Waals surface area contributed by atoms with Gasteiger partial charge in [0.2, 0.25) is 0 Å². The Morgan fingerprint density at radius 3 is 2.69 bits per heavy atom. The lowest BCUT2D eigenvalue weighted by atomic mass is 10.4. The van der Waals surface area contributed by atoms with Crippen molar-refractivity contribution in [2.75, 3.05) is 46.9 Å². The smallest absolute Gasteiger partial charge is 0.0672 e. The molecule has 0 saturated carbocycles. The van der Waals surface area contributed by atoms with Gasteiger partial charge in [-0.2, -0.15) is 0 Å². The molecule has 13 heavy (non-hydrogen) atoms. The van der Waals surface area contributed by atoms with Gasteiger partial charge in [0, 0.05) is 19.6 Å². The first-order valence-electron chi connectivity index (χ1n) is 4.74. The average Bonchev–Trinajstić information content (AvgIpc) is 2.04. The summed E-state index contributed by atoms with van der Waals surface area (Å²) in [5, 5.41) is 11.6. The molecule has 0 fully saturated rings. The SMILES string of the molecule is CC(CNCCO)OCCN(C)C. The summed E-state index contributed by atoms with van der Waals surface area (Å²) in [5.74, 6) is 0. The van der Waals surface area contributed by atoms with E-state index in [1.54, 1.807) is 0 Å². The van der Waals surface area contributed by atoms with Crippen molar-refractivity contribution in [1.29, 1.82) is 0 Å². The van der Waals surface area contributed by atoms with Crippen LogP contribution in [0.4, 0.5) is 0 Å². The lowest BCUT2D eigenvalue weighted by Crippen LogP contribution is -2.30. The molecule has 0 saturated heterocycles. The zero-order valence-corrected chi connectivity index (χ0v) is 8.92. The molecular weight excluding hydrogens is 168 g/mol. The maximum absolute atomic E-state index is 8.52. The van der Waals surface area contributed by atoms with Gasteiger partial charge in [0.15, 0.2) is 0 Å². The van der Waals surface area contributed by atoms with Crippen LogP contribution in [0.25, 0.3) is 0 Å². The Labute approximate surface area is 80.9 Å². The van der Waals surface area contributed by atoms with Gasteiger partial charge in [-0.25, -0.2) is 0 Å². The van der Waals surface area contributed by atoms with Gasteiger partial charge in [-0.05, 0) is 21.0 Å². The summed E-state index contributed by atoms with van der Waals surface area (Å²) in [6.45, 7) is 5.36. The van der Waals surface area contributed by atoms with Crippen molar-refractivity contribution in [3.8, 4) is 0 Å². The van der Waals surface area contributed by atoms with Gasteiger partial charge in [-0.1, -0.05) is 0 Å². The number of nitrogens with zero attached hydrogens (tertiary/aromatic N) is 1. The molecule has 0 bridgehead atoms. The summed E-state index contributed by atoms with van der Waals surface area (Å²) in [7, 11) is 4.05. The molecular formula is C9H22N2O2. The fourth-order valence-corrected chi connectivity index (χ4v) is 0.880. The molecule has 0 radical (unpaired) electrons. The number of nitrogens with one attached hydrogen (secondary N) is 1. The minimum absolute atomic E-state index is 0.185. The minimum Gasteiger partial charge on any atom is -0.395 e. The number of ether oxygens (including phenoxy) is 1. The summed E-state index contributed by atoms with van der Waals surface area (Å²) in [6, 6.07) is 0. The lowest BCUT2D eigenvalue weighted by Gasteiger charge is -2.15. The molecule has 80 valence electrons. The number of aliphatic hydroxyl groups excluding tert-OH is 1. The van der Waals surface area contributed by atoms with Gasteiger partial charge in [0.25, 0.3) is 0 Å². The Morgan fingerprint density at radius 1 is 1.46 bits per heavy atom. The van der Waals surface area contributed by atoms with E-state index in [9.17, 15) is 0 Å². The van der Waals surface area contributed by atoms with Crippen molar-refractivity contribution < 1.29 is 9.84 Å². The first-order chi connectivity index (χ1) is 6.16. The van der Waals surface area contributed by atoms with E-state index in [1.807, 2.05) is 21.0 Å². The van der Waals surface area contributed by atoms with E-state index >= 15 is 0 Å². The first kappa shape index (κ1) is 12.8. The second-order valence-electron chi connectivity index (χ2n) is 3.41. The zero-order chi connectivity index (χ0) is 10.1. The summed E-state index contributed by atoms with van der Waals surface area (Å²) in [6.07, 6.45) is 0.214. The number of rotatable bonds is 8. The molecule has 0 rings (SSSR count). The van der Waals surface area contributed by atoms with Gasteiger partial charge >= 0.3 is 0 Å². The third kappa shape index (κ3) is 9.76. The molecule has 0 aliphatic heterocycles. The number of aliphatic hydroxyl groups is 1. The summed E-state index contributed by atoms with van der Waals surface area (Å²) in [4.78, 5) is 2.09. The van der Waals surface area contributed by atoms with E-state index in [2.05, 4.69) is 10.2 Å². The molecule has 0 aliphatic carbocycles. The Morgan fingerprint density at radius 2 is 2.15 bits per heavy atom. The lowest BCUT2D eigenvalue weighted by molar-refractivity contribution is 0.0555. The van der Waals surface area contributed by atoms with E-state index in [4.69, 9.17) is 9.84 Å². The Bertz CT molecular complexity index is 110. The number of hydrogen-bond acceptors (Lipinski definition) is 4. The van der Waals surface area contributed by atoms with E-state index in [-0.39, 0.29) is 12.7 Å². The zero-order valence-electron chi connectivity index (χ0n) is 8.92. The quantitative estimate of drug-likeness (QED) is 0.508. The van der Waals surface area contributed by atoms with Crippen molar-refractivity contribution in [1.82, 2.24) is 10.2 Å². The van der Waals surface area contributed by atoms with E-state index in [0.29, 0.717) is 6.54 Å². The maximum atomic E-state index is 8.52. The van der Waals surface area contributed by atoms with Crippen LogP contribution in [-0.4, -0.2) is 63.1 Å². The first-order valence-corrected chi connectivity index (χ1v) is 4.74. The van der Waals surface area contributed by atoms with Crippen molar-refractivity contribution in [2.45, 2.75) is 13.0 Å². The van der Waals surface area contributed by atoms with Gasteiger partial charge in [0.05, 0.1) is 19.3 Å².